The number of hydrogen-bond acceptors (Lipinski definition) is 5. The van der Waals surface area contributed by atoms with E-state index in [0.717, 1.165) is 0 Å². The van der Waals surface area contributed by atoms with Crippen LogP contribution in [0.3, 0.4) is 0 Å². The fraction of sp³-hybridized carbons (Fsp3) is 0. The van der Waals surface area contributed by atoms with Crippen molar-refractivity contribution in [1.82, 2.24) is 9.97 Å². The first-order valence-corrected chi connectivity index (χ1v) is 4.56. The molecule has 1 amide bonds. The first-order valence-electron chi connectivity index (χ1n) is 4.56. The van der Waals surface area contributed by atoms with E-state index in [9.17, 15) is 9.59 Å². The van der Waals surface area contributed by atoms with Gasteiger partial charge in [0.2, 0.25) is 0 Å². The van der Waals surface area contributed by atoms with Crippen molar-refractivity contribution in [1.29, 1.82) is 0 Å². The van der Waals surface area contributed by atoms with E-state index in [0.29, 0.717) is 0 Å². The van der Waals surface area contributed by atoms with Crippen LogP contribution in [0.4, 0.5) is 5.82 Å². The number of nitrogens with zero attached hydrogens (tertiary/aromatic N) is 2. The number of amides is 1. The summed E-state index contributed by atoms with van der Waals surface area (Å²) in [6.07, 6.45) is 5.10. The monoisotopic (exact) mass is 233 g/mol. The summed E-state index contributed by atoms with van der Waals surface area (Å²) in [5, 5.41) is 11.2. The average Bonchev–Trinajstić information content (AvgIpc) is 2.83. The van der Waals surface area contributed by atoms with E-state index < -0.39 is 11.9 Å². The lowest BCUT2D eigenvalue weighted by atomic mass is 10.3. The average molecular weight is 233 g/mol. The molecule has 2 N–H and O–H groups in total. The summed E-state index contributed by atoms with van der Waals surface area (Å²) >= 11 is 0. The maximum atomic E-state index is 11.6. The Bertz CT molecular complexity index is 550. The van der Waals surface area contributed by atoms with Crippen molar-refractivity contribution in [3.05, 3.63) is 42.2 Å². The van der Waals surface area contributed by atoms with Crippen LogP contribution >= 0.6 is 0 Å². The van der Waals surface area contributed by atoms with Gasteiger partial charge in [-0.15, -0.1) is 0 Å². The van der Waals surface area contributed by atoms with E-state index in [-0.39, 0.29) is 17.1 Å². The Kier molecular flexibility index (Phi) is 2.82. The molecule has 2 rings (SSSR count). The van der Waals surface area contributed by atoms with Gasteiger partial charge in [0.15, 0.2) is 11.5 Å². The summed E-state index contributed by atoms with van der Waals surface area (Å²) in [6, 6.07) is 1.45. The van der Waals surface area contributed by atoms with Crippen molar-refractivity contribution in [3.8, 4) is 0 Å². The molecule has 0 aliphatic heterocycles. The summed E-state index contributed by atoms with van der Waals surface area (Å²) in [4.78, 5) is 29.8. The highest BCUT2D eigenvalue weighted by atomic mass is 16.4. The molecular weight excluding hydrogens is 226 g/mol. The molecule has 0 aromatic carbocycles. The van der Waals surface area contributed by atoms with E-state index in [1.165, 1.54) is 31.0 Å². The number of aromatic carboxylic acids is 1. The predicted octanol–water partition coefficient (Wildman–Crippen LogP) is 1.02. The second-order valence-electron chi connectivity index (χ2n) is 3.02. The number of carbonyl (C=O) groups is 2. The number of carboxylic acid groups (broad SMARTS) is 1. The molecule has 7 nitrogen and oxygen atoms in total. The van der Waals surface area contributed by atoms with Crippen LogP contribution in [0, 0.1) is 0 Å². The van der Waals surface area contributed by atoms with Crippen LogP contribution in [0.25, 0.3) is 0 Å². The minimum Gasteiger partial charge on any atom is -0.476 e. The molecule has 7 heteroatoms. The molecule has 86 valence electrons. The van der Waals surface area contributed by atoms with Crippen LogP contribution in [0.15, 0.2) is 35.4 Å². The lowest BCUT2D eigenvalue weighted by Gasteiger charge is -2.04. The van der Waals surface area contributed by atoms with Gasteiger partial charge in [-0.05, 0) is 6.07 Å². The number of hydrogen-bond donors (Lipinski definition) is 2. The number of anilines is 1. The topological polar surface area (TPSA) is 105 Å². The number of nitrogens with one attached hydrogen (secondary N) is 1. The van der Waals surface area contributed by atoms with Gasteiger partial charge in [-0.25, -0.2) is 14.8 Å². The third-order valence-electron chi connectivity index (χ3n) is 1.92. The highest BCUT2D eigenvalue weighted by Gasteiger charge is 2.16. The largest absolute Gasteiger partial charge is 0.476 e. The molecule has 2 aromatic heterocycles. The van der Waals surface area contributed by atoms with Crippen molar-refractivity contribution < 1.29 is 19.1 Å². The smallest absolute Gasteiger partial charge is 0.358 e. The van der Waals surface area contributed by atoms with E-state index in [1.807, 2.05) is 0 Å². The van der Waals surface area contributed by atoms with Gasteiger partial charge < -0.3 is 14.8 Å². The zero-order valence-electron chi connectivity index (χ0n) is 8.45. The molecular formula is C10H7N3O4. The summed E-state index contributed by atoms with van der Waals surface area (Å²) in [5.41, 5.74) is -0.0451. The van der Waals surface area contributed by atoms with Crippen LogP contribution in [0.5, 0.6) is 0 Å². The SMILES string of the molecule is O=C(Nc1nccnc1C(=O)O)c1ccoc1. The zero-order valence-corrected chi connectivity index (χ0v) is 8.45. The third-order valence-corrected chi connectivity index (χ3v) is 1.92. The van der Waals surface area contributed by atoms with Gasteiger partial charge >= 0.3 is 5.97 Å². The lowest BCUT2D eigenvalue weighted by molar-refractivity contribution is 0.0691. The molecule has 0 radical (unpaired) electrons. The fourth-order valence-corrected chi connectivity index (χ4v) is 1.16. The number of furan rings is 1. The molecule has 0 saturated heterocycles. The highest BCUT2D eigenvalue weighted by Crippen LogP contribution is 2.10. The number of carbonyl (C=O) groups excluding carboxylic acids is 1. The molecule has 0 saturated carbocycles. The fourth-order valence-electron chi connectivity index (χ4n) is 1.16. The van der Waals surface area contributed by atoms with Crippen molar-refractivity contribution in [2.24, 2.45) is 0 Å². The van der Waals surface area contributed by atoms with Gasteiger partial charge in [-0.2, -0.15) is 0 Å². The van der Waals surface area contributed by atoms with Crippen molar-refractivity contribution in [3.63, 3.8) is 0 Å². The van der Waals surface area contributed by atoms with E-state index in [1.54, 1.807) is 0 Å². The van der Waals surface area contributed by atoms with Gasteiger partial charge in [0.25, 0.3) is 5.91 Å². The van der Waals surface area contributed by atoms with Crippen LogP contribution in [-0.4, -0.2) is 27.0 Å². The summed E-state index contributed by atoms with van der Waals surface area (Å²) in [7, 11) is 0. The second-order valence-corrected chi connectivity index (χ2v) is 3.02. The van der Waals surface area contributed by atoms with Crippen molar-refractivity contribution in [2.45, 2.75) is 0 Å². The lowest BCUT2D eigenvalue weighted by Crippen LogP contribution is -2.16. The molecule has 17 heavy (non-hydrogen) atoms. The van der Waals surface area contributed by atoms with Gasteiger partial charge in [-0.3, -0.25) is 4.79 Å². The summed E-state index contributed by atoms with van der Waals surface area (Å²) in [6.45, 7) is 0. The van der Waals surface area contributed by atoms with Gasteiger partial charge in [0, 0.05) is 12.4 Å². The third kappa shape index (κ3) is 2.28. The van der Waals surface area contributed by atoms with E-state index >= 15 is 0 Å². The minimum atomic E-state index is -1.26. The molecule has 0 unspecified atom stereocenters. The summed E-state index contributed by atoms with van der Waals surface area (Å²) in [5.74, 6) is -1.88. The molecule has 0 aliphatic carbocycles. The minimum absolute atomic E-state index is 0.105. The zero-order chi connectivity index (χ0) is 12.3. The Morgan fingerprint density at radius 3 is 2.71 bits per heavy atom. The molecule has 0 fully saturated rings. The molecule has 0 spiro atoms. The van der Waals surface area contributed by atoms with Crippen LogP contribution in [0.1, 0.15) is 20.8 Å². The predicted molar refractivity (Wildman–Crippen MR) is 55.7 cm³/mol. The van der Waals surface area contributed by atoms with Crippen molar-refractivity contribution >= 4 is 17.7 Å². The molecule has 2 heterocycles. The van der Waals surface area contributed by atoms with Gasteiger partial charge in [-0.1, -0.05) is 0 Å². The summed E-state index contributed by atoms with van der Waals surface area (Å²) < 4.78 is 4.74. The van der Waals surface area contributed by atoms with E-state index in [2.05, 4.69) is 15.3 Å². The van der Waals surface area contributed by atoms with Gasteiger partial charge in [0.1, 0.15) is 6.26 Å². The number of carboxylic acids is 1. The Hall–Kier alpha value is -2.70. The molecule has 0 bridgehead atoms. The Morgan fingerprint density at radius 1 is 1.29 bits per heavy atom. The van der Waals surface area contributed by atoms with E-state index in [4.69, 9.17) is 9.52 Å². The first kappa shape index (κ1) is 10.8. The van der Waals surface area contributed by atoms with Crippen LogP contribution in [0.2, 0.25) is 0 Å². The quantitative estimate of drug-likeness (QED) is 0.819. The second kappa shape index (κ2) is 4.44. The first-order chi connectivity index (χ1) is 8.18. The Labute approximate surface area is 95.1 Å². The van der Waals surface area contributed by atoms with Crippen LogP contribution in [-0.2, 0) is 0 Å². The Balaban J connectivity index is 2.25. The van der Waals surface area contributed by atoms with Gasteiger partial charge in [0.05, 0.1) is 11.8 Å². The number of aromatic nitrogens is 2. The van der Waals surface area contributed by atoms with Crippen molar-refractivity contribution in [2.75, 3.05) is 5.32 Å². The normalized spacial score (nSPS) is 9.88. The number of rotatable bonds is 3. The molecule has 2 aromatic rings. The molecule has 0 atom stereocenters. The maximum Gasteiger partial charge on any atom is 0.358 e. The maximum absolute atomic E-state index is 11.6. The highest BCUT2D eigenvalue weighted by molar-refractivity contribution is 6.06. The molecule has 0 aliphatic rings. The van der Waals surface area contributed by atoms with Crippen LogP contribution < -0.4 is 5.32 Å². The standard InChI is InChI=1S/C10H7N3O4/c14-9(6-1-4-17-5-6)13-8-7(10(15)16)11-2-3-12-8/h1-5H,(H,15,16)(H,12,13,14). The Morgan fingerprint density at radius 2 is 2.06 bits per heavy atom.